The first kappa shape index (κ1) is 19.0. The summed E-state index contributed by atoms with van der Waals surface area (Å²) in [5, 5.41) is -0.430. The SMILES string of the molecule is CC(C)(C)OC(=O)N1CCC2(CCCN(C(=O)Cl)c3ccccc32)CC1. The summed E-state index contributed by atoms with van der Waals surface area (Å²) >= 11 is 5.83. The van der Waals surface area contributed by atoms with Crippen LogP contribution < -0.4 is 4.90 Å². The molecule has 26 heavy (non-hydrogen) atoms. The number of para-hydroxylation sites is 1. The Bertz CT molecular complexity index is 691. The van der Waals surface area contributed by atoms with E-state index in [0.29, 0.717) is 19.6 Å². The second kappa shape index (κ2) is 7.10. The average Bonchev–Trinajstić information content (AvgIpc) is 2.72. The van der Waals surface area contributed by atoms with Crippen LogP contribution in [0.2, 0.25) is 0 Å². The lowest BCUT2D eigenvalue weighted by atomic mass is 9.70. The maximum absolute atomic E-state index is 12.4. The summed E-state index contributed by atoms with van der Waals surface area (Å²) in [6, 6.07) is 8.04. The van der Waals surface area contributed by atoms with E-state index >= 15 is 0 Å². The van der Waals surface area contributed by atoms with E-state index in [9.17, 15) is 9.59 Å². The highest BCUT2D eigenvalue weighted by Gasteiger charge is 2.41. The van der Waals surface area contributed by atoms with Gasteiger partial charge in [-0.3, -0.25) is 9.69 Å². The number of likely N-dealkylation sites (tertiary alicyclic amines) is 1. The Kier molecular flexibility index (Phi) is 5.20. The van der Waals surface area contributed by atoms with Gasteiger partial charge in [0.15, 0.2) is 0 Å². The van der Waals surface area contributed by atoms with Crippen molar-refractivity contribution < 1.29 is 14.3 Å². The van der Waals surface area contributed by atoms with Gasteiger partial charge >= 0.3 is 11.5 Å². The molecule has 2 amide bonds. The number of carbonyl (C=O) groups excluding carboxylic acids is 2. The van der Waals surface area contributed by atoms with Crippen LogP contribution in [0.3, 0.4) is 0 Å². The molecule has 1 saturated heterocycles. The van der Waals surface area contributed by atoms with Crippen molar-refractivity contribution in [2.45, 2.75) is 57.5 Å². The van der Waals surface area contributed by atoms with Gasteiger partial charge in [0.1, 0.15) is 5.60 Å². The molecule has 1 spiro atoms. The third-order valence-corrected chi connectivity index (χ3v) is 5.59. The maximum atomic E-state index is 12.4. The van der Waals surface area contributed by atoms with Crippen molar-refractivity contribution in [3.63, 3.8) is 0 Å². The second-order valence-corrected chi connectivity index (χ2v) is 8.60. The second-order valence-electron chi connectivity index (χ2n) is 8.27. The van der Waals surface area contributed by atoms with Gasteiger partial charge in [-0.15, -0.1) is 0 Å². The molecule has 1 fully saturated rings. The van der Waals surface area contributed by atoms with Crippen LogP contribution in [0.25, 0.3) is 0 Å². The monoisotopic (exact) mass is 378 g/mol. The lowest BCUT2D eigenvalue weighted by Crippen LogP contribution is -2.46. The molecule has 0 aliphatic carbocycles. The van der Waals surface area contributed by atoms with Gasteiger partial charge < -0.3 is 9.64 Å². The van der Waals surface area contributed by atoms with Crippen LogP contribution in [-0.2, 0) is 10.2 Å². The summed E-state index contributed by atoms with van der Waals surface area (Å²) in [6.45, 7) is 7.62. The van der Waals surface area contributed by atoms with Gasteiger partial charge in [-0.2, -0.15) is 0 Å². The van der Waals surface area contributed by atoms with Crippen LogP contribution >= 0.6 is 11.6 Å². The molecule has 3 rings (SSSR count). The minimum absolute atomic E-state index is 0.0177. The van der Waals surface area contributed by atoms with E-state index in [1.807, 2.05) is 39.0 Å². The molecule has 6 heteroatoms. The van der Waals surface area contributed by atoms with Crippen molar-refractivity contribution in [3.05, 3.63) is 29.8 Å². The van der Waals surface area contributed by atoms with E-state index in [0.717, 1.165) is 31.4 Å². The summed E-state index contributed by atoms with van der Waals surface area (Å²) in [7, 11) is 0. The number of hydrogen-bond acceptors (Lipinski definition) is 3. The quantitative estimate of drug-likeness (QED) is 0.476. The minimum Gasteiger partial charge on any atom is -0.444 e. The van der Waals surface area contributed by atoms with Crippen molar-refractivity contribution >= 4 is 28.7 Å². The van der Waals surface area contributed by atoms with Crippen LogP contribution in [-0.4, -0.2) is 41.6 Å². The van der Waals surface area contributed by atoms with Crippen LogP contribution in [0, 0.1) is 0 Å². The number of amides is 2. The molecule has 2 heterocycles. The topological polar surface area (TPSA) is 49.9 Å². The fourth-order valence-corrected chi connectivity index (χ4v) is 4.31. The summed E-state index contributed by atoms with van der Waals surface area (Å²) in [5.41, 5.74) is 1.59. The third-order valence-electron chi connectivity index (χ3n) is 5.39. The molecular weight excluding hydrogens is 352 g/mol. The average molecular weight is 379 g/mol. The highest BCUT2D eigenvalue weighted by molar-refractivity contribution is 6.66. The Labute approximate surface area is 160 Å². The number of piperidine rings is 1. The van der Waals surface area contributed by atoms with Gasteiger partial charge in [-0.25, -0.2) is 4.79 Å². The normalized spacial score (nSPS) is 19.7. The van der Waals surface area contributed by atoms with E-state index in [-0.39, 0.29) is 11.5 Å². The molecule has 2 aliphatic rings. The molecule has 0 aromatic heterocycles. The molecular formula is C20H27ClN2O3. The Hall–Kier alpha value is -1.75. The zero-order chi connectivity index (χ0) is 18.9. The molecule has 0 unspecified atom stereocenters. The van der Waals surface area contributed by atoms with E-state index in [4.69, 9.17) is 16.3 Å². The molecule has 0 atom stereocenters. The van der Waals surface area contributed by atoms with E-state index in [2.05, 4.69) is 6.07 Å². The highest BCUT2D eigenvalue weighted by Crippen LogP contribution is 2.46. The van der Waals surface area contributed by atoms with Crippen molar-refractivity contribution in [2.24, 2.45) is 0 Å². The number of rotatable bonds is 0. The zero-order valence-electron chi connectivity index (χ0n) is 15.8. The summed E-state index contributed by atoms with van der Waals surface area (Å²) in [6.07, 6.45) is 3.39. The van der Waals surface area contributed by atoms with Gasteiger partial charge in [0.25, 0.3) is 0 Å². The third kappa shape index (κ3) is 3.83. The summed E-state index contributed by atoms with van der Waals surface area (Å²) < 4.78 is 5.51. The van der Waals surface area contributed by atoms with Gasteiger partial charge in [0, 0.05) is 30.7 Å². The first-order chi connectivity index (χ1) is 12.2. The molecule has 2 aliphatic heterocycles. The van der Waals surface area contributed by atoms with Gasteiger partial charge in [0.05, 0.1) is 0 Å². The Balaban J connectivity index is 1.82. The molecule has 0 saturated carbocycles. The number of hydrogen-bond donors (Lipinski definition) is 0. The van der Waals surface area contributed by atoms with Crippen molar-refractivity contribution in [1.82, 2.24) is 4.90 Å². The minimum atomic E-state index is -0.484. The molecule has 5 nitrogen and oxygen atoms in total. The number of halogens is 1. The summed E-state index contributed by atoms with van der Waals surface area (Å²) in [5.74, 6) is 0. The number of fused-ring (bicyclic) bond motifs is 2. The number of carbonyl (C=O) groups is 2. The molecule has 1 aromatic carbocycles. The van der Waals surface area contributed by atoms with Crippen LogP contribution in [0.15, 0.2) is 24.3 Å². The van der Waals surface area contributed by atoms with Gasteiger partial charge in [0.2, 0.25) is 0 Å². The lowest BCUT2D eigenvalue weighted by molar-refractivity contribution is 0.0159. The van der Waals surface area contributed by atoms with Gasteiger partial charge in [-0.1, -0.05) is 18.2 Å². The smallest absolute Gasteiger partial charge is 0.410 e. The first-order valence-electron chi connectivity index (χ1n) is 9.26. The van der Waals surface area contributed by atoms with Crippen molar-refractivity contribution in [1.29, 1.82) is 0 Å². The highest BCUT2D eigenvalue weighted by atomic mass is 35.5. The molecule has 1 aromatic rings. The standard InChI is InChI=1S/C20H27ClN2O3/c1-19(2,3)26-18(25)22-13-10-20(11-14-22)9-6-12-23(17(21)24)16-8-5-4-7-15(16)20/h4-5,7-8H,6,9-14H2,1-3H3. The fourth-order valence-electron chi connectivity index (χ4n) is 4.13. The van der Waals surface area contributed by atoms with Crippen LogP contribution in [0.4, 0.5) is 15.3 Å². The molecule has 0 radical (unpaired) electrons. The Morgan fingerprint density at radius 3 is 2.35 bits per heavy atom. The lowest BCUT2D eigenvalue weighted by Gasteiger charge is -2.42. The van der Waals surface area contributed by atoms with E-state index < -0.39 is 11.0 Å². The van der Waals surface area contributed by atoms with Gasteiger partial charge in [-0.05, 0) is 69.7 Å². The zero-order valence-corrected chi connectivity index (χ0v) is 16.5. The predicted octanol–water partition coefficient (Wildman–Crippen LogP) is 4.91. The Morgan fingerprint density at radius 2 is 1.73 bits per heavy atom. The maximum Gasteiger partial charge on any atom is 0.410 e. The Morgan fingerprint density at radius 1 is 1.08 bits per heavy atom. The number of benzene rings is 1. The largest absolute Gasteiger partial charge is 0.444 e. The van der Waals surface area contributed by atoms with E-state index in [1.165, 1.54) is 5.56 Å². The summed E-state index contributed by atoms with van der Waals surface area (Å²) in [4.78, 5) is 27.7. The van der Waals surface area contributed by atoms with Crippen LogP contribution in [0.5, 0.6) is 0 Å². The molecule has 142 valence electrons. The number of ether oxygens (including phenoxy) is 1. The predicted molar refractivity (Wildman–Crippen MR) is 103 cm³/mol. The number of nitrogens with zero attached hydrogens (tertiary/aromatic N) is 2. The van der Waals surface area contributed by atoms with Crippen LogP contribution in [0.1, 0.15) is 52.0 Å². The first-order valence-corrected chi connectivity index (χ1v) is 9.64. The number of anilines is 1. The molecule has 0 bridgehead atoms. The van der Waals surface area contributed by atoms with E-state index in [1.54, 1.807) is 9.80 Å². The van der Waals surface area contributed by atoms with Crippen molar-refractivity contribution in [3.8, 4) is 0 Å². The fraction of sp³-hybridized carbons (Fsp3) is 0.600. The van der Waals surface area contributed by atoms with Crippen molar-refractivity contribution in [2.75, 3.05) is 24.5 Å². The molecule has 0 N–H and O–H groups in total.